The molecule has 174 valence electrons. The fourth-order valence-electron chi connectivity index (χ4n) is 3.02. The van der Waals surface area contributed by atoms with Gasteiger partial charge in [0.25, 0.3) is 0 Å². The van der Waals surface area contributed by atoms with Gasteiger partial charge in [-0.25, -0.2) is 0 Å². The summed E-state index contributed by atoms with van der Waals surface area (Å²) in [6.07, 6.45) is 7.94. The Morgan fingerprint density at radius 1 is 0.818 bits per heavy atom. The summed E-state index contributed by atoms with van der Waals surface area (Å²) in [7, 11) is 8.62. The second-order valence-corrected chi connectivity index (χ2v) is 6.70. The van der Waals surface area contributed by atoms with Crippen LogP contribution in [0.15, 0.2) is 49.1 Å². The molecule has 0 radical (unpaired) electrons. The van der Waals surface area contributed by atoms with Crippen LogP contribution in [-0.2, 0) is 35.2 Å². The van der Waals surface area contributed by atoms with Crippen LogP contribution >= 0.6 is 0 Å². The molecular formula is C24H24N4O4Pt. The van der Waals surface area contributed by atoms with Gasteiger partial charge < -0.3 is 28.1 Å². The minimum Gasteiger partial charge on any atom is -0.540 e. The Kier molecular flexibility index (Phi) is 9.42. The smallest absolute Gasteiger partial charge is 0.540 e. The van der Waals surface area contributed by atoms with E-state index in [4.69, 9.17) is 14.2 Å². The van der Waals surface area contributed by atoms with E-state index in [-0.39, 0.29) is 21.1 Å². The van der Waals surface area contributed by atoms with E-state index in [1.165, 1.54) is 0 Å². The zero-order valence-electron chi connectivity index (χ0n) is 18.9. The Morgan fingerprint density at radius 2 is 1.33 bits per heavy atom. The monoisotopic (exact) mass is 627 g/mol. The molecule has 0 N–H and O–H groups in total. The summed E-state index contributed by atoms with van der Waals surface area (Å²) in [4.78, 5) is 19.1. The molecule has 0 spiro atoms. The zero-order chi connectivity index (χ0) is 23.1. The number of carbonyl (C=O) groups excluding carboxylic acids is 1. The molecule has 0 fully saturated rings. The van der Waals surface area contributed by atoms with E-state index in [0.717, 1.165) is 34.8 Å². The Labute approximate surface area is 207 Å². The zero-order valence-corrected chi connectivity index (χ0v) is 21.2. The van der Waals surface area contributed by atoms with Gasteiger partial charge in [-0.15, -0.1) is 24.3 Å². The predicted molar refractivity (Wildman–Crippen MR) is 120 cm³/mol. The number of imidazole rings is 2. The average Bonchev–Trinajstić information content (AvgIpc) is 3.46. The molecule has 8 nitrogen and oxygen atoms in total. The number of hydrogen-bond donors (Lipinski definition) is 0. The Bertz CT molecular complexity index is 1200. The summed E-state index contributed by atoms with van der Waals surface area (Å²) in [5, 5.41) is 0. The first-order valence-corrected chi connectivity index (χ1v) is 9.66. The number of carbonyl (C=O) groups is 1. The number of ether oxygens (including phenoxy) is 3. The number of hydrogen-bond acceptors (Lipinski definition) is 6. The predicted octanol–water partition coefficient (Wildman–Crippen LogP) is 3.61. The van der Waals surface area contributed by atoms with Gasteiger partial charge in [-0.3, -0.25) is 9.97 Å². The van der Waals surface area contributed by atoms with Gasteiger partial charge in [-0.2, -0.15) is 0 Å². The number of aromatic nitrogens is 4. The first-order chi connectivity index (χ1) is 15.5. The molecule has 2 aromatic heterocycles. The largest absolute Gasteiger partial charge is 2.00 e. The third-order valence-corrected chi connectivity index (χ3v) is 4.71. The molecule has 4 rings (SSSR count). The molecule has 9 heteroatoms. The molecular weight excluding hydrogens is 603 g/mol. The molecule has 4 aromatic rings. The van der Waals surface area contributed by atoms with Crippen LogP contribution in [0.25, 0.3) is 22.8 Å². The van der Waals surface area contributed by atoms with Crippen molar-refractivity contribution >= 4 is 6.29 Å². The summed E-state index contributed by atoms with van der Waals surface area (Å²) in [5.74, 6) is 3.59. The van der Waals surface area contributed by atoms with E-state index in [1.807, 2.05) is 41.7 Å². The van der Waals surface area contributed by atoms with Crippen molar-refractivity contribution in [2.75, 3.05) is 21.3 Å². The van der Waals surface area contributed by atoms with Crippen LogP contribution in [0.2, 0.25) is 0 Å². The fourth-order valence-corrected chi connectivity index (χ4v) is 3.02. The maximum Gasteiger partial charge on any atom is 2.00 e. The van der Waals surface area contributed by atoms with Crippen molar-refractivity contribution in [2.45, 2.75) is 0 Å². The van der Waals surface area contributed by atoms with E-state index >= 15 is 0 Å². The molecule has 0 saturated heterocycles. The maximum atomic E-state index is 10.6. The van der Waals surface area contributed by atoms with Crippen LogP contribution in [-0.4, -0.2) is 46.7 Å². The van der Waals surface area contributed by atoms with E-state index < -0.39 is 0 Å². The molecule has 0 saturated carbocycles. The Balaban J connectivity index is 0.000000227. The number of nitrogens with zero attached hydrogens (tertiary/aromatic N) is 4. The van der Waals surface area contributed by atoms with Gasteiger partial charge in [0.2, 0.25) is 0 Å². The molecule has 0 aliphatic carbocycles. The number of benzene rings is 2. The van der Waals surface area contributed by atoms with E-state index in [9.17, 15) is 4.79 Å². The first kappa shape index (κ1) is 25.9. The van der Waals surface area contributed by atoms with Crippen LogP contribution in [0.5, 0.6) is 17.2 Å². The van der Waals surface area contributed by atoms with Crippen molar-refractivity contribution in [3.63, 3.8) is 0 Å². The Hall–Kier alpha value is -3.38. The van der Waals surface area contributed by atoms with Gasteiger partial charge in [-0.05, 0) is 0 Å². The number of aldehydes is 1. The normalized spacial score (nSPS) is 9.85. The molecule has 0 unspecified atom stereocenters. The van der Waals surface area contributed by atoms with E-state index in [0.29, 0.717) is 17.1 Å². The second-order valence-electron chi connectivity index (χ2n) is 6.70. The van der Waals surface area contributed by atoms with Crippen LogP contribution in [0.3, 0.4) is 0 Å². The average molecular weight is 628 g/mol. The molecule has 0 aliphatic rings. The third-order valence-electron chi connectivity index (χ3n) is 4.71. The summed E-state index contributed by atoms with van der Waals surface area (Å²) in [6, 6.07) is 13.0. The molecule has 33 heavy (non-hydrogen) atoms. The van der Waals surface area contributed by atoms with Gasteiger partial charge in [0.15, 0.2) is 0 Å². The molecule has 0 amide bonds. The third kappa shape index (κ3) is 5.90. The minimum atomic E-state index is 0. The van der Waals surface area contributed by atoms with E-state index in [1.54, 1.807) is 51.9 Å². The van der Waals surface area contributed by atoms with Crippen LogP contribution < -0.4 is 14.2 Å². The molecule has 2 aromatic carbocycles. The van der Waals surface area contributed by atoms with Crippen molar-refractivity contribution in [1.82, 2.24) is 19.1 Å². The number of rotatable bonds is 6. The number of aryl methyl sites for hydroxylation is 2. The number of methoxy groups -OCH3 is 3. The van der Waals surface area contributed by atoms with Gasteiger partial charge in [-0.1, -0.05) is 28.8 Å². The standard InChI is InChI=1S/C12H13N2O2.C12H11N2O2.Pt/c1-14-7-6-13-12(14)10-5-4-9(15-2)8-11(10)16-3;1-14-6-5-13-12(14)10-4-3-9(8-15)7-11(10)16-2;/h4,6-8H,1-3H3;3,5-8H,1-2H3;/q2*-1;+2. The fraction of sp³-hybridized carbons (Fsp3) is 0.208. The van der Waals surface area contributed by atoms with Crippen molar-refractivity contribution in [3.8, 4) is 40.0 Å². The van der Waals surface area contributed by atoms with Crippen molar-refractivity contribution < 1.29 is 40.1 Å². The molecule has 0 aliphatic heterocycles. The SMILES string of the molecule is COc1c[c-]c(-c2nccn2C)c(OC)c1.COc1cc(C=O)c[c-]c1-c1nccn1C.[Pt+2]. The minimum absolute atomic E-state index is 0. The van der Waals surface area contributed by atoms with E-state index in [2.05, 4.69) is 22.1 Å². The van der Waals surface area contributed by atoms with Crippen molar-refractivity contribution in [2.24, 2.45) is 14.1 Å². The summed E-state index contributed by atoms with van der Waals surface area (Å²) >= 11 is 0. The van der Waals surface area contributed by atoms with Gasteiger partial charge in [0.1, 0.15) is 6.29 Å². The van der Waals surface area contributed by atoms with Crippen LogP contribution in [0, 0.1) is 12.1 Å². The molecule has 2 heterocycles. The second kappa shape index (κ2) is 12.0. The quantitative estimate of drug-likeness (QED) is 0.240. The van der Waals surface area contributed by atoms with Gasteiger partial charge in [0, 0.05) is 56.1 Å². The first-order valence-electron chi connectivity index (χ1n) is 9.66. The van der Waals surface area contributed by atoms with Crippen LogP contribution in [0.1, 0.15) is 10.4 Å². The summed E-state index contributed by atoms with van der Waals surface area (Å²) in [6.45, 7) is 0. The van der Waals surface area contributed by atoms with Gasteiger partial charge >= 0.3 is 21.1 Å². The molecule has 0 atom stereocenters. The Morgan fingerprint density at radius 3 is 1.76 bits per heavy atom. The summed E-state index contributed by atoms with van der Waals surface area (Å²) < 4.78 is 19.4. The summed E-state index contributed by atoms with van der Waals surface area (Å²) in [5.41, 5.74) is 2.12. The van der Waals surface area contributed by atoms with Gasteiger partial charge in [0.05, 0.1) is 33.0 Å². The molecule has 0 bridgehead atoms. The van der Waals surface area contributed by atoms with Crippen molar-refractivity contribution in [3.05, 3.63) is 66.7 Å². The maximum absolute atomic E-state index is 10.6. The van der Waals surface area contributed by atoms with Crippen LogP contribution in [0.4, 0.5) is 0 Å². The van der Waals surface area contributed by atoms with Crippen molar-refractivity contribution in [1.29, 1.82) is 0 Å². The topological polar surface area (TPSA) is 80.4 Å².